The van der Waals surface area contributed by atoms with Gasteiger partial charge in [0, 0.05) is 12.6 Å². The number of nitriles is 1. The third kappa shape index (κ3) is 3.67. The highest BCUT2D eigenvalue weighted by atomic mass is 14.9. The molecule has 0 spiro atoms. The summed E-state index contributed by atoms with van der Waals surface area (Å²) in [4.78, 5) is 0. The van der Waals surface area contributed by atoms with E-state index in [1.807, 2.05) is 6.92 Å². The minimum atomic E-state index is 0.141. The summed E-state index contributed by atoms with van der Waals surface area (Å²) in [7, 11) is 0. The van der Waals surface area contributed by atoms with Crippen molar-refractivity contribution >= 4 is 0 Å². The van der Waals surface area contributed by atoms with Gasteiger partial charge in [0.15, 0.2) is 0 Å². The molecule has 14 heavy (non-hydrogen) atoms. The van der Waals surface area contributed by atoms with Crippen molar-refractivity contribution in [2.45, 2.75) is 46.1 Å². The standard InChI is InChI=1S/C12H22N2/c1-9-4-10(2)6-12(5-9)14-8-11(3)7-13/h9-12,14H,4-6,8H2,1-3H3. The average Bonchev–Trinajstić information content (AvgIpc) is 2.12. The first-order valence-electron chi connectivity index (χ1n) is 5.74. The van der Waals surface area contributed by atoms with E-state index in [-0.39, 0.29) is 5.92 Å². The van der Waals surface area contributed by atoms with E-state index in [2.05, 4.69) is 25.2 Å². The number of nitrogens with zero attached hydrogens (tertiary/aromatic N) is 1. The van der Waals surface area contributed by atoms with Gasteiger partial charge in [-0.15, -0.1) is 0 Å². The summed E-state index contributed by atoms with van der Waals surface area (Å²) in [5.41, 5.74) is 0. The summed E-state index contributed by atoms with van der Waals surface area (Å²) >= 11 is 0. The maximum atomic E-state index is 8.68. The molecule has 0 heterocycles. The van der Waals surface area contributed by atoms with Crippen molar-refractivity contribution in [1.29, 1.82) is 5.26 Å². The van der Waals surface area contributed by atoms with E-state index in [0.717, 1.165) is 18.4 Å². The van der Waals surface area contributed by atoms with Crippen LogP contribution in [0.2, 0.25) is 0 Å². The topological polar surface area (TPSA) is 35.8 Å². The fraction of sp³-hybridized carbons (Fsp3) is 0.917. The van der Waals surface area contributed by atoms with Crippen LogP contribution in [0.15, 0.2) is 0 Å². The first-order chi connectivity index (χ1) is 6.61. The fourth-order valence-electron chi connectivity index (χ4n) is 2.50. The number of nitrogens with one attached hydrogen (secondary N) is 1. The summed E-state index contributed by atoms with van der Waals surface area (Å²) in [6.45, 7) is 7.49. The first kappa shape index (κ1) is 11.5. The Morgan fingerprint density at radius 3 is 2.36 bits per heavy atom. The van der Waals surface area contributed by atoms with Crippen LogP contribution < -0.4 is 5.32 Å². The van der Waals surface area contributed by atoms with Crippen molar-refractivity contribution in [3.8, 4) is 6.07 Å². The van der Waals surface area contributed by atoms with Gasteiger partial charge in [-0.1, -0.05) is 13.8 Å². The minimum Gasteiger partial charge on any atom is -0.313 e. The molecule has 2 heteroatoms. The van der Waals surface area contributed by atoms with Gasteiger partial charge >= 0.3 is 0 Å². The van der Waals surface area contributed by atoms with Crippen LogP contribution in [0.5, 0.6) is 0 Å². The molecule has 1 saturated carbocycles. The zero-order chi connectivity index (χ0) is 10.6. The summed E-state index contributed by atoms with van der Waals surface area (Å²) in [5.74, 6) is 1.82. The highest BCUT2D eigenvalue weighted by Crippen LogP contribution is 2.28. The second kappa shape index (κ2) is 5.36. The molecule has 1 aliphatic carbocycles. The molecule has 1 N–H and O–H groups in total. The predicted molar refractivity (Wildman–Crippen MR) is 58.7 cm³/mol. The largest absolute Gasteiger partial charge is 0.313 e. The Labute approximate surface area is 87.7 Å². The average molecular weight is 194 g/mol. The van der Waals surface area contributed by atoms with Gasteiger partial charge in [-0.2, -0.15) is 5.26 Å². The van der Waals surface area contributed by atoms with E-state index in [9.17, 15) is 0 Å². The number of hydrogen-bond acceptors (Lipinski definition) is 2. The van der Waals surface area contributed by atoms with E-state index in [4.69, 9.17) is 5.26 Å². The van der Waals surface area contributed by atoms with Gasteiger partial charge in [0.1, 0.15) is 0 Å². The van der Waals surface area contributed by atoms with E-state index in [0.29, 0.717) is 6.04 Å². The Balaban J connectivity index is 2.27. The zero-order valence-electron chi connectivity index (χ0n) is 9.59. The van der Waals surface area contributed by atoms with Gasteiger partial charge in [0.05, 0.1) is 12.0 Å². The normalized spacial score (nSPS) is 34.9. The van der Waals surface area contributed by atoms with Crippen LogP contribution in [-0.2, 0) is 0 Å². The van der Waals surface area contributed by atoms with Crippen LogP contribution in [0, 0.1) is 29.1 Å². The summed E-state index contributed by atoms with van der Waals surface area (Å²) in [5, 5.41) is 12.2. The highest BCUT2D eigenvalue weighted by molar-refractivity contribution is 4.84. The molecule has 1 rings (SSSR count). The molecule has 0 amide bonds. The Kier molecular flexibility index (Phi) is 4.41. The third-order valence-corrected chi connectivity index (χ3v) is 3.11. The summed E-state index contributed by atoms with van der Waals surface area (Å²) < 4.78 is 0. The van der Waals surface area contributed by atoms with Gasteiger partial charge in [-0.3, -0.25) is 0 Å². The smallest absolute Gasteiger partial charge is 0.0666 e. The van der Waals surface area contributed by atoms with Gasteiger partial charge < -0.3 is 5.32 Å². The molecule has 1 aliphatic rings. The molecule has 3 unspecified atom stereocenters. The second-order valence-corrected chi connectivity index (χ2v) is 5.05. The molecule has 0 aromatic carbocycles. The Bertz CT molecular complexity index is 197. The van der Waals surface area contributed by atoms with E-state index >= 15 is 0 Å². The van der Waals surface area contributed by atoms with Crippen LogP contribution >= 0.6 is 0 Å². The van der Waals surface area contributed by atoms with Crippen LogP contribution in [0.4, 0.5) is 0 Å². The molecule has 1 fully saturated rings. The highest BCUT2D eigenvalue weighted by Gasteiger charge is 2.23. The molecular weight excluding hydrogens is 172 g/mol. The van der Waals surface area contributed by atoms with Gasteiger partial charge in [-0.05, 0) is 38.0 Å². The van der Waals surface area contributed by atoms with Crippen LogP contribution in [-0.4, -0.2) is 12.6 Å². The van der Waals surface area contributed by atoms with Gasteiger partial charge in [0.2, 0.25) is 0 Å². The van der Waals surface area contributed by atoms with Crippen molar-refractivity contribution in [2.75, 3.05) is 6.54 Å². The summed E-state index contributed by atoms with van der Waals surface area (Å²) in [6.07, 6.45) is 3.93. The quantitative estimate of drug-likeness (QED) is 0.749. The van der Waals surface area contributed by atoms with E-state index in [1.165, 1.54) is 19.3 Å². The van der Waals surface area contributed by atoms with Crippen LogP contribution in [0.1, 0.15) is 40.0 Å². The van der Waals surface area contributed by atoms with Crippen molar-refractivity contribution in [3.63, 3.8) is 0 Å². The molecular formula is C12H22N2. The molecule has 2 nitrogen and oxygen atoms in total. The lowest BCUT2D eigenvalue weighted by molar-refractivity contribution is 0.237. The molecule has 0 aromatic heterocycles. The molecule has 0 radical (unpaired) electrons. The second-order valence-electron chi connectivity index (χ2n) is 5.05. The van der Waals surface area contributed by atoms with Crippen LogP contribution in [0.25, 0.3) is 0 Å². The maximum Gasteiger partial charge on any atom is 0.0666 e. The van der Waals surface area contributed by atoms with Crippen LogP contribution in [0.3, 0.4) is 0 Å². The zero-order valence-corrected chi connectivity index (χ0v) is 9.59. The Morgan fingerprint density at radius 1 is 1.29 bits per heavy atom. The Morgan fingerprint density at radius 2 is 1.86 bits per heavy atom. The van der Waals surface area contributed by atoms with Crippen molar-refractivity contribution < 1.29 is 0 Å². The SMILES string of the molecule is CC(C#N)CNC1CC(C)CC(C)C1. The lowest BCUT2D eigenvalue weighted by atomic mass is 9.80. The van der Waals surface area contributed by atoms with Crippen molar-refractivity contribution in [1.82, 2.24) is 5.32 Å². The monoisotopic (exact) mass is 194 g/mol. The first-order valence-corrected chi connectivity index (χ1v) is 5.74. The molecule has 0 aliphatic heterocycles. The maximum absolute atomic E-state index is 8.68. The fourth-order valence-corrected chi connectivity index (χ4v) is 2.50. The van der Waals surface area contributed by atoms with Gasteiger partial charge in [-0.25, -0.2) is 0 Å². The van der Waals surface area contributed by atoms with E-state index in [1.54, 1.807) is 0 Å². The molecule has 0 saturated heterocycles. The lowest BCUT2D eigenvalue weighted by Crippen LogP contribution is -2.38. The molecule has 0 aromatic rings. The number of rotatable bonds is 3. The van der Waals surface area contributed by atoms with Crippen molar-refractivity contribution in [3.05, 3.63) is 0 Å². The van der Waals surface area contributed by atoms with E-state index < -0.39 is 0 Å². The van der Waals surface area contributed by atoms with Crippen molar-refractivity contribution in [2.24, 2.45) is 17.8 Å². The molecule has 3 atom stereocenters. The predicted octanol–water partition coefficient (Wildman–Crippen LogP) is 2.56. The summed E-state index contributed by atoms with van der Waals surface area (Å²) in [6, 6.07) is 2.91. The van der Waals surface area contributed by atoms with Gasteiger partial charge in [0.25, 0.3) is 0 Å². The number of hydrogen-bond donors (Lipinski definition) is 1. The minimum absolute atomic E-state index is 0.141. The third-order valence-electron chi connectivity index (χ3n) is 3.11. The molecule has 80 valence electrons. The Hall–Kier alpha value is -0.550. The molecule has 0 bridgehead atoms. The lowest BCUT2D eigenvalue weighted by Gasteiger charge is -2.32.